The highest BCUT2D eigenvalue weighted by atomic mass is 35.5. The van der Waals surface area contributed by atoms with Crippen LogP contribution in [0.15, 0.2) is 73.3 Å². The summed E-state index contributed by atoms with van der Waals surface area (Å²) in [6.45, 7) is 14.2. The van der Waals surface area contributed by atoms with Gasteiger partial charge in [-0.1, -0.05) is 95.5 Å². The third-order valence-corrected chi connectivity index (χ3v) is 8.23. The van der Waals surface area contributed by atoms with Crippen LogP contribution < -0.4 is 21.7 Å². The van der Waals surface area contributed by atoms with Crippen LogP contribution in [-0.4, -0.2) is 80.4 Å². The molecule has 5 N–H and O–H groups in total. The van der Waals surface area contributed by atoms with Gasteiger partial charge in [-0.05, 0) is 66.5 Å². The van der Waals surface area contributed by atoms with Gasteiger partial charge in [-0.15, -0.1) is 0 Å². The number of ether oxygens (including phenoxy) is 4. The molecule has 2 aromatic heterocycles. The molecule has 2 atom stereocenters. The third kappa shape index (κ3) is 20.3. The smallest absolute Gasteiger partial charge is 0.408 e. The highest BCUT2D eigenvalue weighted by molar-refractivity contribution is 6.34. The maximum Gasteiger partial charge on any atom is 0.408 e. The predicted octanol–water partition coefficient (Wildman–Crippen LogP) is 7.16. The van der Waals surface area contributed by atoms with E-state index >= 15 is 0 Å². The number of alkyl carbamates (subject to hydrolysis) is 2. The standard InChI is InChI=1S/C20H25ClN4O4.C15H22N2O4.C5H4Cl2N2/c1-13-16(21)23-12-24-17(13)22-10-15(18(26)29-20(2,3)4)25-19(27)28-11-14-8-6-5-7-9-14;1-15(2,3)21-13(18)12(9-16)17-14(19)20-10-11-7-5-4-6-8-11;1-3-4(6)8-2-9-5(3)7/h5-9,12,15H,10-11H2,1-4H3,(H,25,27)(H,22,23,24);4-8,12H,9-10,16H2,1-3H3,(H,17,19);2H,1H3. The van der Waals surface area contributed by atoms with Crippen molar-refractivity contribution in [2.45, 2.75) is 91.9 Å². The number of nitrogens with two attached hydrogens (primary N) is 1. The first-order valence-electron chi connectivity index (χ1n) is 18.1. The van der Waals surface area contributed by atoms with Crippen LogP contribution in [0.1, 0.15) is 63.8 Å². The number of carbonyl (C=O) groups excluding carboxylic acids is 4. The minimum absolute atomic E-state index is 0.0313. The summed E-state index contributed by atoms with van der Waals surface area (Å²) < 4.78 is 20.8. The van der Waals surface area contributed by atoms with Crippen molar-refractivity contribution in [2.24, 2.45) is 5.73 Å². The molecule has 2 heterocycles. The molecule has 4 aromatic rings. The lowest BCUT2D eigenvalue weighted by molar-refractivity contribution is -0.158. The topological polar surface area (TPSA) is 219 Å². The van der Waals surface area contributed by atoms with Gasteiger partial charge in [0.05, 0.1) is 0 Å². The van der Waals surface area contributed by atoms with Crippen molar-refractivity contribution < 1.29 is 38.1 Å². The molecule has 2 amide bonds. The Morgan fingerprint density at radius 3 is 1.42 bits per heavy atom. The zero-order valence-corrected chi connectivity index (χ0v) is 36.4. The molecule has 320 valence electrons. The minimum atomic E-state index is -0.995. The van der Waals surface area contributed by atoms with Crippen molar-refractivity contribution in [2.75, 3.05) is 18.4 Å². The summed E-state index contributed by atoms with van der Waals surface area (Å²) >= 11 is 17.1. The van der Waals surface area contributed by atoms with Crippen LogP contribution in [0.4, 0.5) is 15.4 Å². The molecule has 0 saturated heterocycles. The number of nitrogens with one attached hydrogen (secondary N) is 3. The minimum Gasteiger partial charge on any atom is -0.458 e. The summed E-state index contributed by atoms with van der Waals surface area (Å²) in [5.41, 5.74) is 7.17. The van der Waals surface area contributed by atoms with E-state index in [9.17, 15) is 19.2 Å². The number of anilines is 1. The molecule has 0 radical (unpaired) electrons. The average molecular weight is 878 g/mol. The number of amides is 2. The van der Waals surface area contributed by atoms with Gasteiger partial charge >= 0.3 is 24.1 Å². The molecule has 0 spiro atoms. The van der Waals surface area contributed by atoms with Gasteiger partial charge in [-0.25, -0.2) is 39.1 Å². The van der Waals surface area contributed by atoms with Crippen molar-refractivity contribution >= 4 is 64.7 Å². The molecule has 16 nitrogen and oxygen atoms in total. The first kappa shape index (κ1) is 49.9. The number of hydrogen-bond acceptors (Lipinski definition) is 14. The van der Waals surface area contributed by atoms with E-state index in [0.29, 0.717) is 26.8 Å². The second kappa shape index (κ2) is 24.6. The van der Waals surface area contributed by atoms with Crippen molar-refractivity contribution in [3.05, 3.63) is 111 Å². The van der Waals surface area contributed by atoms with Crippen LogP contribution in [0, 0.1) is 13.8 Å². The lowest BCUT2D eigenvalue weighted by atomic mass is 10.2. The van der Waals surface area contributed by atoms with E-state index in [1.807, 2.05) is 60.7 Å². The summed E-state index contributed by atoms with van der Waals surface area (Å²) in [7, 11) is 0. The maximum atomic E-state index is 12.6. The summed E-state index contributed by atoms with van der Waals surface area (Å²) in [6, 6.07) is 16.6. The van der Waals surface area contributed by atoms with Gasteiger partial charge in [0.1, 0.15) is 70.4 Å². The van der Waals surface area contributed by atoms with Gasteiger partial charge in [0.25, 0.3) is 0 Å². The fraction of sp³-hybridized carbons (Fsp3) is 0.400. The van der Waals surface area contributed by atoms with Gasteiger partial charge in [0, 0.05) is 24.2 Å². The second-order valence-corrected chi connectivity index (χ2v) is 15.5. The number of hydrogen-bond donors (Lipinski definition) is 4. The second-order valence-electron chi connectivity index (χ2n) is 14.4. The number of nitrogens with zero attached hydrogens (tertiary/aromatic N) is 4. The van der Waals surface area contributed by atoms with Crippen molar-refractivity contribution in [3.63, 3.8) is 0 Å². The van der Waals surface area contributed by atoms with E-state index in [0.717, 1.165) is 16.7 Å². The highest BCUT2D eigenvalue weighted by Crippen LogP contribution is 2.19. The molecule has 0 fully saturated rings. The van der Waals surface area contributed by atoms with E-state index in [4.69, 9.17) is 59.5 Å². The number of rotatable bonds is 12. The van der Waals surface area contributed by atoms with Crippen molar-refractivity contribution in [3.8, 4) is 0 Å². The van der Waals surface area contributed by atoms with Gasteiger partial charge in [0.15, 0.2) is 0 Å². The van der Waals surface area contributed by atoms with Gasteiger partial charge in [-0.3, -0.25) is 0 Å². The third-order valence-electron chi connectivity index (χ3n) is 7.09. The fourth-order valence-corrected chi connectivity index (χ4v) is 4.63. The molecule has 0 aliphatic rings. The number of benzene rings is 2. The molecule has 4 rings (SSSR count). The Hall–Kier alpha value is -5.29. The van der Waals surface area contributed by atoms with Crippen molar-refractivity contribution in [1.82, 2.24) is 30.6 Å². The maximum absolute atomic E-state index is 12.6. The van der Waals surface area contributed by atoms with Crippen LogP contribution >= 0.6 is 34.8 Å². The number of carbonyl (C=O) groups is 4. The summed E-state index contributed by atoms with van der Waals surface area (Å²) in [6.07, 6.45) is 1.20. The van der Waals surface area contributed by atoms with Crippen LogP contribution in [0.5, 0.6) is 0 Å². The van der Waals surface area contributed by atoms with Crippen molar-refractivity contribution in [1.29, 1.82) is 0 Å². The van der Waals surface area contributed by atoms with E-state index in [1.165, 1.54) is 12.7 Å². The lowest BCUT2D eigenvalue weighted by Gasteiger charge is -2.25. The molecule has 0 bridgehead atoms. The van der Waals surface area contributed by atoms with E-state index in [-0.39, 0.29) is 26.3 Å². The fourth-order valence-electron chi connectivity index (χ4n) is 4.18. The van der Waals surface area contributed by atoms with Gasteiger partial charge in [-0.2, -0.15) is 0 Å². The van der Waals surface area contributed by atoms with Crippen LogP contribution in [0.3, 0.4) is 0 Å². The SMILES string of the molecule is CC(C)(C)OC(=O)C(CN)NC(=O)OCc1ccccc1.Cc1c(Cl)ncnc1Cl.Cc1c(Cl)ncnc1NCC(NC(=O)OCc1ccccc1)C(=O)OC(C)(C)C. The lowest BCUT2D eigenvalue weighted by Crippen LogP contribution is -2.48. The Kier molecular flexibility index (Phi) is 20.8. The Morgan fingerprint density at radius 1 is 0.627 bits per heavy atom. The first-order valence-corrected chi connectivity index (χ1v) is 19.3. The summed E-state index contributed by atoms with van der Waals surface area (Å²) in [5, 5.41) is 9.05. The number of esters is 2. The Balaban J connectivity index is 0.000000347. The zero-order valence-electron chi connectivity index (χ0n) is 34.2. The Morgan fingerprint density at radius 2 is 1.02 bits per heavy atom. The van der Waals surface area contributed by atoms with Crippen LogP contribution in [-0.2, 0) is 41.8 Å². The van der Waals surface area contributed by atoms with E-state index in [2.05, 4.69) is 35.9 Å². The normalized spacial score (nSPS) is 11.8. The first-order chi connectivity index (χ1) is 27.7. The number of halogens is 3. The highest BCUT2D eigenvalue weighted by Gasteiger charge is 2.28. The zero-order chi connectivity index (χ0) is 44.2. The van der Waals surface area contributed by atoms with E-state index in [1.54, 1.807) is 55.4 Å². The molecule has 0 aliphatic heterocycles. The van der Waals surface area contributed by atoms with Crippen LogP contribution in [0.25, 0.3) is 0 Å². The van der Waals surface area contributed by atoms with E-state index < -0.39 is 47.4 Å². The molecule has 0 saturated carbocycles. The van der Waals surface area contributed by atoms with Gasteiger partial charge < -0.3 is 40.6 Å². The van der Waals surface area contributed by atoms with Crippen LogP contribution in [0.2, 0.25) is 15.5 Å². The quantitative estimate of drug-likeness (QED) is 0.0631. The largest absolute Gasteiger partial charge is 0.458 e. The molecule has 59 heavy (non-hydrogen) atoms. The molecule has 2 unspecified atom stereocenters. The Bertz CT molecular complexity index is 1930. The molecular formula is C40H51Cl3N8O8. The predicted molar refractivity (Wildman–Crippen MR) is 225 cm³/mol. The summed E-state index contributed by atoms with van der Waals surface area (Å²) in [4.78, 5) is 63.7. The summed E-state index contributed by atoms with van der Waals surface area (Å²) in [5.74, 6) is -0.723. The van der Waals surface area contributed by atoms with Gasteiger partial charge in [0.2, 0.25) is 0 Å². The number of aromatic nitrogens is 4. The average Bonchev–Trinajstić information content (AvgIpc) is 3.17. The molecule has 2 aromatic carbocycles. The molecule has 19 heteroatoms. The Labute approximate surface area is 359 Å². The molecular weight excluding hydrogens is 827 g/mol. The molecule has 0 aliphatic carbocycles. The monoisotopic (exact) mass is 876 g/mol.